The van der Waals surface area contributed by atoms with Gasteiger partial charge in [0.2, 0.25) is 5.91 Å². The van der Waals surface area contributed by atoms with E-state index in [-0.39, 0.29) is 29.9 Å². The smallest absolute Gasteiger partial charge is 0.262 e. The predicted molar refractivity (Wildman–Crippen MR) is 119 cm³/mol. The number of imidazole rings is 1. The number of hydrogen-bond donors (Lipinski definition) is 1. The van der Waals surface area contributed by atoms with Crippen molar-refractivity contribution in [1.82, 2.24) is 18.8 Å². The van der Waals surface area contributed by atoms with Gasteiger partial charge in [0.1, 0.15) is 17.3 Å². The monoisotopic (exact) mass is 455 g/mol. The van der Waals surface area contributed by atoms with Gasteiger partial charge in [0.15, 0.2) is 5.03 Å². The van der Waals surface area contributed by atoms with Gasteiger partial charge in [-0.05, 0) is 56.2 Å². The van der Waals surface area contributed by atoms with E-state index in [0.717, 1.165) is 0 Å². The number of benzene rings is 1. The Bertz CT molecular complexity index is 1170. The van der Waals surface area contributed by atoms with Crippen molar-refractivity contribution in [1.29, 1.82) is 0 Å². The van der Waals surface area contributed by atoms with E-state index in [4.69, 9.17) is 4.74 Å². The molecule has 3 heterocycles. The van der Waals surface area contributed by atoms with Crippen molar-refractivity contribution < 1.29 is 17.9 Å². The first kappa shape index (κ1) is 22.0. The van der Waals surface area contributed by atoms with Crippen molar-refractivity contribution in [2.75, 3.05) is 18.4 Å². The van der Waals surface area contributed by atoms with Crippen LogP contribution in [0.25, 0.3) is 0 Å². The number of anilines is 1. The molecule has 1 amide bonds. The van der Waals surface area contributed by atoms with Gasteiger partial charge in [-0.1, -0.05) is 0 Å². The third-order valence-corrected chi connectivity index (χ3v) is 7.29. The number of nitrogens with one attached hydrogen (secondary N) is 1. The van der Waals surface area contributed by atoms with E-state index in [9.17, 15) is 13.2 Å². The number of piperidine rings is 1. The number of hydrogen-bond acceptors (Lipinski definition) is 6. The average molecular weight is 456 g/mol. The highest BCUT2D eigenvalue weighted by molar-refractivity contribution is 7.89. The van der Waals surface area contributed by atoms with Gasteiger partial charge in [0.05, 0.1) is 0 Å². The zero-order valence-corrected chi connectivity index (χ0v) is 18.7. The summed E-state index contributed by atoms with van der Waals surface area (Å²) in [7, 11) is -1.89. The molecule has 1 aliphatic heterocycles. The minimum absolute atomic E-state index is 0.0504. The molecule has 2 aromatic heterocycles. The van der Waals surface area contributed by atoms with Gasteiger partial charge in [-0.2, -0.15) is 4.31 Å². The lowest BCUT2D eigenvalue weighted by Crippen LogP contribution is -2.41. The van der Waals surface area contributed by atoms with Crippen molar-refractivity contribution in [2.24, 2.45) is 13.0 Å². The fourth-order valence-electron chi connectivity index (χ4n) is 3.53. The number of aromatic nitrogens is 3. The zero-order chi connectivity index (χ0) is 22.7. The van der Waals surface area contributed by atoms with Gasteiger partial charge in [0.25, 0.3) is 10.0 Å². The van der Waals surface area contributed by atoms with Gasteiger partial charge in [-0.25, -0.2) is 13.4 Å². The van der Waals surface area contributed by atoms with Crippen LogP contribution < -0.4 is 10.1 Å². The second-order valence-corrected chi connectivity index (χ2v) is 9.60. The van der Waals surface area contributed by atoms with Gasteiger partial charge >= 0.3 is 0 Å². The Morgan fingerprint density at radius 1 is 1.06 bits per heavy atom. The topological polar surface area (TPSA) is 106 Å². The van der Waals surface area contributed by atoms with Crippen LogP contribution in [0.2, 0.25) is 0 Å². The van der Waals surface area contributed by atoms with Crippen LogP contribution in [0.15, 0.2) is 60.0 Å². The molecule has 0 bridgehead atoms. The first-order valence-corrected chi connectivity index (χ1v) is 11.8. The van der Waals surface area contributed by atoms with Crippen molar-refractivity contribution in [3.8, 4) is 11.5 Å². The number of amides is 1. The summed E-state index contributed by atoms with van der Waals surface area (Å²) < 4.78 is 34.4. The van der Waals surface area contributed by atoms with Crippen LogP contribution in [0.1, 0.15) is 18.7 Å². The molecule has 3 aromatic rings. The van der Waals surface area contributed by atoms with Crippen molar-refractivity contribution in [3.05, 3.63) is 60.8 Å². The Labute approximate surface area is 187 Å². The van der Waals surface area contributed by atoms with Gasteiger partial charge < -0.3 is 14.6 Å². The minimum atomic E-state index is -3.65. The second kappa shape index (κ2) is 9.09. The molecule has 0 atom stereocenters. The normalized spacial score (nSPS) is 15.4. The SMILES string of the molecule is Cc1nc(S(=O)(=O)N2CCC(C(=O)Nc3ccc(Oc4ccncc4)cc3)CC2)cn1C. The maximum atomic E-state index is 12.8. The van der Waals surface area contributed by atoms with E-state index in [2.05, 4.69) is 15.3 Å². The molecular weight excluding hydrogens is 430 g/mol. The van der Waals surface area contributed by atoms with E-state index in [1.807, 2.05) is 0 Å². The summed E-state index contributed by atoms with van der Waals surface area (Å²) >= 11 is 0. The number of rotatable bonds is 6. The molecule has 0 aliphatic carbocycles. The van der Waals surface area contributed by atoms with Gasteiger partial charge in [0, 0.05) is 50.3 Å². The number of ether oxygens (including phenoxy) is 1. The van der Waals surface area contributed by atoms with Gasteiger partial charge in [-0.15, -0.1) is 0 Å². The first-order valence-electron chi connectivity index (χ1n) is 10.3. The van der Waals surface area contributed by atoms with Crippen LogP contribution in [-0.2, 0) is 21.9 Å². The van der Waals surface area contributed by atoms with Crippen molar-refractivity contribution in [3.63, 3.8) is 0 Å². The Kier molecular flexibility index (Phi) is 6.24. The lowest BCUT2D eigenvalue weighted by Gasteiger charge is -2.29. The molecule has 0 spiro atoms. The Hall–Kier alpha value is -3.24. The summed E-state index contributed by atoms with van der Waals surface area (Å²) in [6, 6.07) is 10.6. The molecule has 168 valence electrons. The predicted octanol–water partition coefficient (Wildman–Crippen LogP) is 2.96. The van der Waals surface area contributed by atoms with Crippen molar-refractivity contribution in [2.45, 2.75) is 24.8 Å². The summed E-state index contributed by atoms with van der Waals surface area (Å²) in [5, 5.41) is 2.96. The molecule has 0 unspecified atom stereocenters. The lowest BCUT2D eigenvalue weighted by atomic mass is 9.97. The zero-order valence-electron chi connectivity index (χ0n) is 17.9. The number of carbonyl (C=O) groups is 1. The minimum Gasteiger partial charge on any atom is -0.457 e. The number of aryl methyl sites for hydroxylation is 2. The fourth-order valence-corrected chi connectivity index (χ4v) is 5.03. The Morgan fingerprint density at radius 3 is 2.28 bits per heavy atom. The van der Waals surface area contributed by atoms with Crippen LogP contribution in [0.3, 0.4) is 0 Å². The third-order valence-electron chi connectivity index (χ3n) is 5.52. The second-order valence-electron chi connectivity index (χ2n) is 7.71. The third kappa shape index (κ3) is 4.81. The molecule has 1 saturated heterocycles. The molecule has 1 fully saturated rings. The average Bonchev–Trinajstić information content (AvgIpc) is 3.15. The molecule has 9 nitrogen and oxygen atoms in total. The van der Waals surface area contributed by atoms with Crippen LogP contribution >= 0.6 is 0 Å². The van der Waals surface area contributed by atoms with E-state index >= 15 is 0 Å². The summed E-state index contributed by atoms with van der Waals surface area (Å²) in [6.07, 6.45) is 5.74. The highest BCUT2D eigenvalue weighted by atomic mass is 32.2. The van der Waals surface area contributed by atoms with Crippen LogP contribution in [0.4, 0.5) is 5.69 Å². The van der Waals surface area contributed by atoms with Crippen LogP contribution in [0, 0.1) is 12.8 Å². The first-order chi connectivity index (χ1) is 15.3. The van der Waals surface area contributed by atoms with Gasteiger partial charge in [-0.3, -0.25) is 9.78 Å². The van der Waals surface area contributed by atoms with Crippen LogP contribution in [0.5, 0.6) is 11.5 Å². The molecular formula is C22H25N5O4S. The van der Waals surface area contributed by atoms with Crippen LogP contribution in [-0.4, -0.2) is 46.3 Å². The van der Waals surface area contributed by atoms with E-state index in [1.54, 1.807) is 67.3 Å². The molecule has 4 rings (SSSR count). The Balaban J connectivity index is 1.31. The number of nitrogens with zero attached hydrogens (tertiary/aromatic N) is 4. The molecule has 1 aliphatic rings. The molecule has 32 heavy (non-hydrogen) atoms. The summed E-state index contributed by atoms with van der Waals surface area (Å²) in [5.41, 5.74) is 0.663. The number of carbonyl (C=O) groups excluding carboxylic acids is 1. The summed E-state index contributed by atoms with van der Waals surface area (Å²) in [5.74, 6) is 1.60. The van der Waals surface area contributed by atoms with E-state index in [1.165, 1.54) is 10.5 Å². The quantitative estimate of drug-likeness (QED) is 0.613. The fraction of sp³-hybridized carbons (Fsp3) is 0.318. The Morgan fingerprint density at radius 2 is 1.69 bits per heavy atom. The highest BCUT2D eigenvalue weighted by Crippen LogP contribution is 2.26. The summed E-state index contributed by atoms with van der Waals surface area (Å²) in [4.78, 5) is 20.8. The molecule has 0 radical (unpaired) electrons. The maximum absolute atomic E-state index is 12.8. The molecule has 1 N–H and O–H groups in total. The maximum Gasteiger partial charge on any atom is 0.262 e. The van der Waals surface area contributed by atoms with Crippen molar-refractivity contribution >= 4 is 21.6 Å². The van der Waals surface area contributed by atoms with E-state index < -0.39 is 10.0 Å². The molecule has 10 heteroatoms. The molecule has 1 aromatic carbocycles. The largest absolute Gasteiger partial charge is 0.457 e. The highest BCUT2D eigenvalue weighted by Gasteiger charge is 2.33. The summed E-state index contributed by atoms with van der Waals surface area (Å²) in [6.45, 7) is 2.33. The lowest BCUT2D eigenvalue weighted by molar-refractivity contribution is -0.120. The standard InChI is InChI=1S/C22H25N5O4S/c1-16-24-21(15-26(16)2)32(29,30)27-13-9-17(10-14-27)22(28)25-18-3-5-19(6-4-18)31-20-7-11-23-12-8-20/h3-8,11-12,15,17H,9-10,13-14H2,1-2H3,(H,25,28). The van der Waals surface area contributed by atoms with E-state index in [0.29, 0.717) is 35.9 Å². The number of pyridine rings is 1. The molecule has 0 saturated carbocycles. The number of sulfonamides is 1.